The number of aromatic amines is 1. The molecule has 0 radical (unpaired) electrons. The molecular weight excluding hydrogens is 472 g/mol. The molecule has 9 heteroatoms. The van der Waals surface area contributed by atoms with Gasteiger partial charge in [-0.05, 0) is 67.3 Å². The highest BCUT2D eigenvalue weighted by Gasteiger charge is 2.30. The molecule has 2 N–H and O–H groups in total. The molecule has 0 aliphatic rings. The third-order valence-corrected chi connectivity index (χ3v) is 5.99. The summed E-state index contributed by atoms with van der Waals surface area (Å²) in [4.78, 5) is 27.0. The predicted octanol–water partition coefficient (Wildman–Crippen LogP) is 4.84. The number of carbonyl (C=O) groups is 1. The lowest BCUT2D eigenvalue weighted by atomic mass is 10.1. The van der Waals surface area contributed by atoms with E-state index >= 15 is 0 Å². The number of benzene rings is 3. The van der Waals surface area contributed by atoms with E-state index in [1.54, 1.807) is 45.2 Å². The zero-order valence-corrected chi connectivity index (χ0v) is 20.6. The van der Waals surface area contributed by atoms with E-state index in [1.807, 2.05) is 48.7 Å². The van der Waals surface area contributed by atoms with Crippen LogP contribution < -0.4 is 20.5 Å². The van der Waals surface area contributed by atoms with Gasteiger partial charge in [0.2, 0.25) is 0 Å². The Hall–Kier alpha value is -4.79. The van der Waals surface area contributed by atoms with E-state index in [0.29, 0.717) is 23.5 Å². The number of aromatic nitrogens is 3. The lowest BCUT2D eigenvalue weighted by Gasteiger charge is -2.25. The van der Waals surface area contributed by atoms with Crippen LogP contribution in [0.25, 0.3) is 22.3 Å². The van der Waals surface area contributed by atoms with Gasteiger partial charge in [0.1, 0.15) is 11.5 Å². The molecule has 0 saturated heterocycles. The molecule has 37 heavy (non-hydrogen) atoms. The highest BCUT2D eigenvalue weighted by molar-refractivity contribution is 5.98. The SMILES string of the molecule is COc1cccc(Cn2ccc3ccc(NC(=O)C(C)(C)Oc4cccc(-c5noc(=O)[nH]5)c4)cc32)c1. The van der Waals surface area contributed by atoms with Crippen molar-refractivity contribution < 1.29 is 18.8 Å². The molecule has 0 unspecified atom stereocenters. The number of H-pyrrole nitrogens is 1. The summed E-state index contributed by atoms with van der Waals surface area (Å²) in [6.07, 6.45) is 2.03. The zero-order chi connectivity index (χ0) is 26.0. The number of ether oxygens (including phenoxy) is 2. The van der Waals surface area contributed by atoms with E-state index in [9.17, 15) is 9.59 Å². The monoisotopic (exact) mass is 498 g/mol. The molecule has 0 aliphatic carbocycles. The number of fused-ring (bicyclic) bond motifs is 1. The van der Waals surface area contributed by atoms with Crippen molar-refractivity contribution in [3.05, 3.63) is 95.1 Å². The molecule has 0 fully saturated rings. The molecule has 2 heterocycles. The fraction of sp³-hybridized carbons (Fsp3) is 0.179. The Kier molecular flexibility index (Phi) is 6.27. The third-order valence-electron chi connectivity index (χ3n) is 5.99. The summed E-state index contributed by atoms with van der Waals surface area (Å²) in [7, 11) is 1.65. The Morgan fingerprint density at radius 2 is 1.86 bits per heavy atom. The maximum Gasteiger partial charge on any atom is 0.439 e. The number of amides is 1. The minimum atomic E-state index is -1.19. The Morgan fingerprint density at radius 3 is 2.65 bits per heavy atom. The highest BCUT2D eigenvalue weighted by Crippen LogP contribution is 2.26. The molecule has 0 saturated carbocycles. The number of nitrogens with zero attached hydrogens (tertiary/aromatic N) is 2. The van der Waals surface area contributed by atoms with Crippen LogP contribution >= 0.6 is 0 Å². The second-order valence-electron chi connectivity index (χ2n) is 9.11. The first kappa shape index (κ1) is 23.9. The van der Waals surface area contributed by atoms with Crippen LogP contribution in [0, 0.1) is 0 Å². The van der Waals surface area contributed by atoms with Crippen molar-refractivity contribution in [2.24, 2.45) is 0 Å². The van der Waals surface area contributed by atoms with Gasteiger partial charge in [0.25, 0.3) is 5.91 Å². The van der Waals surface area contributed by atoms with Gasteiger partial charge >= 0.3 is 5.76 Å². The van der Waals surface area contributed by atoms with Crippen LogP contribution in [0.2, 0.25) is 0 Å². The second-order valence-corrected chi connectivity index (χ2v) is 9.11. The van der Waals surface area contributed by atoms with Gasteiger partial charge < -0.3 is 19.4 Å². The Bertz CT molecular complexity index is 1630. The Labute approximate surface area is 212 Å². The first-order chi connectivity index (χ1) is 17.8. The van der Waals surface area contributed by atoms with Gasteiger partial charge in [-0.25, -0.2) is 4.79 Å². The number of methoxy groups -OCH3 is 1. The second kappa shape index (κ2) is 9.69. The van der Waals surface area contributed by atoms with Crippen molar-refractivity contribution >= 4 is 22.5 Å². The Morgan fingerprint density at radius 1 is 1.05 bits per heavy atom. The van der Waals surface area contributed by atoms with E-state index in [2.05, 4.69) is 30.6 Å². The third kappa shape index (κ3) is 5.25. The van der Waals surface area contributed by atoms with Crippen molar-refractivity contribution in [2.75, 3.05) is 12.4 Å². The number of anilines is 1. The summed E-state index contributed by atoms with van der Waals surface area (Å²) < 4.78 is 18.1. The van der Waals surface area contributed by atoms with Gasteiger partial charge in [-0.1, -0.05) is 35.5 Å². The van der Waals surface area contributed by atoms with Gasteiger partial charge in [-0.2, -0.15) is 0 Å². The standard InChI is InChI=1S/C28H26N4O5/c1-28(2,36-23-9-5-7-20(15-23)25-30-27(34)37-31-25)26(33)29-21-11-10-19-12-13-32(24(19)16-21)17-18-6-4-8-22(14-18)35-3/h4-16H,17H2,1-3H3,(H,29,33)(H,30,31,34). The first-order valence-electron chi connectivity index (χ1n) is 11.7. The van der Waals surface area contributed by atoms with E-state index in [-0.39, 0.29) is 11.7 Å². The van der Waals surface area contributed by atoms with Crippen LogP contribution in [0.3, 0.4) is 0 Å². The first-order valence-corrected chi connectivity index (χ1v) is 11.7. The maximum atomic E-state index is 13.2. The molecule has 0 spiro atoms. The molecule has 0 bridgehead atoms. The summed E-state index contributed by atoms with van der Waals surface area (Å²) in [5.74, 6) is 0.585. The summed E-state index contributed by atoms with van der Waals surface area (Å²) >= 11 is 0. The van der Waals surface area contributed by atoms with Gasteiger partial charge in [-0.3, -0.25) is 14.3 Å². The van der Waals surface area contributed by atoms with Crippen molar-refractivity contribution in [1.29, 1.82) is 0 Å². The van der Waals surface area contributed by atoms with Crippen LogP contribution in [0.1, 0.15) is 19.4 Å². The molecule has 3 aromatic carbocycles. The van der Waals surface area contributed by atoms with Crippen molar-refractivity contribution in [2.45, 2.75) is 26.0 Å². The average Bonchev–Trinajstić information content (AvgIpc) is 3.50. The van der Waals surface area contributed by atoms with E-state index < -0.39 is 11.4 Å². The molecule has 5 rings (SSSR count). The van der Waals surface area contributed by atoms with E-state index in [4.69, 9.17) is 9.47 Å². The lowest BCUT2D eigenvalue weighted by Crippen LogP contribution is -2.42. The number of hydrogen-bond acceptors (Lipinski definition) is 6. The van der Waals surface area contributed by atoms with Crippen LogP contribution in [-0.2, 0) is 11.3 Å². The number of carbonyl (C=O) groups excluding carboxylic acids is 1. The molecule has 5 aromatic rings. The minimum absolute atomic E-state index is 0.281. The normalized spacial score (nSPS) is 11.4. The van der Waals surface area contributed by atoms with Crippen LogP contribution in [-0.4, -0.2) is 33.3 Å². The van der Waals surface area contributed by atoms with Crippen LogP contribution in [0.15, 0.2) is 88.3 Å². The lowest BCUT2D eigenvalue weighted by molar-refractivity contribution is -0.128. The van der Waals surface area contributed by atoms with Gasteiger partial charge in [0.05, 0.1) is 12.6 Å². The van der Waals surface area contributed by atoms with Crippen LogP contribution in [0.4, 0.5) is 5.69 Å². The number of hydrogen-bond donors (Lipinski definition) is 2. The minimum Gasteiger partial charge on any atom is -0.497 e. The summed E-state index contributed by atoms with van der Waals surface area (Å²) in [6.45, 7) is 4.05. The zero-order valence-electron chi connectivity index (χ0n) is 20.6. The summed E-state index contributed by atoms with van der Waals surface area (Å²) in [6, 6.07) is 22.7. The predicted molar refractivity (Wildman–Crippen MR) is 140 cm³/mol. The van der Waals surface area contributed by atoms with E-state index in [1.165, 1.54) is 0 Å². The fourth-order valence-corrected chi connectivity index (χ4v) is 4.05. The topological polar surface area (TPSA) is 111 Å². The summed E-state index contributed by atoms with van der Waals surface area (Å²) in [5.41, 5.74) is 2.18. The Balaban J connectivity index is 1.32. The maximum absolute atomic E-state index is 13.2. The molecular formula is C28H26N4O5. The van der Waals surface area contributed by atoms with E-state index in [0.717, 1.165) is 22.2 Å². The molecule has 0 atom stereocenters. The summed E-state index contributed by atoms with van der Waals surface area (Å²) in [5, 5.41) is 7.73. The molecule has 9 nitrogen and oxygen atoms in total. The molecule has 188 valence electrons. The van der Waals surface area contributed by atoms with Gasteiger partial charge in [0.15, 0.2) is 11.4 Å². The van der Waals surface area contributed by atoms with Gasteiger partial charge in [0, 0.05) is 24.0 Å². The number of rotatable bonds is 8. The van der Waals surface area contributed by atoms with Crippen LogP contribution in [0.5, 0.6) is 11.5 Å². The highest BCUT2D eigenvalue weighted by atomic mass is 16.5. The average molecular weight is 499 g/mol. The fourth-order valence-electron chi connectivity index (χ4n) is 4.05. The van der Waals surface area contributed by atoms with Crippen molar-refractivity contribution in [3.8, 4) is 22.9 Å². The quantitative estimate of drug-likeness (QED) is 0.317. The smallest absolute Gasteiger partial charge is 0.439 e. The van der Waals surface area contributed by atoms with Crippen molar-refractivity contribution in [1.82, 2.24) is 14.7 Å². The largest absolute Gasteiger partial charge is 0.497 e. The van der Waals surface area contributed by atoms with Crippen molar-refractivity contribution in [3.63, 3.8) is 0 Å². The van der Waals surface area contributed by atoms with Gasteiger partial charge in [-0.15, -0.1) is 0 Å². The molecule has 1 amide bonds. The molecule has 2 aromatic heterocycles. The molecule has 0 aliphatic heterocycles. The number of nitrogens with one attached hydrogen (secondary N) is 2.